The highest BCUT2D eigenvalue weighted by molar-refractivity contribution is 5.73. The van der Waals surface area contributed by atoms with Crippen LogP contribution in [0.3, 0.4) is 0 Å². The molecule has 0 radical (unpaired) electrons. The van der Waals surface area contributed by atoms with Crippen molar-refractivity contribution < 1.29 is 15.0 Å². The van der Waals surface area contributed by atoms with Crippen LogP contribution in [0.4, 0.5) is 0 Å². The Kier molecular flexibility index (Phi) is 5.66. The third-order valence-corrected chi connectivity index (χ3v) is 2.25. The Balaban J connectivity index is 4.29. The minimum atomic E-state index is -1.48. The van der Waals surface area contributed by atoms with Gasteiger partial charge in [0.25, 0.3) is 0 Å². The van der Waals surface area contributed by atoms with Crippen LogP contribution in [0.2, 0.25) is 0 Å². The highest BCUT2D eigenvalue weighted by atomic mass is 16.5. The Morgan fingerprint density at radius 1 is 1.31 bits per heavy atom. The summed E-state index contributed by atoms with van der Waals surface area (Å²) in [6.45, 7) is 5.30. The molecule has 4 heteroatoms. The lowest BCUT2D eigenvalue weighted by Crippen LogP contribution is -2.47. The van der Waals surface area contributed by atoms with Gasteiger partial charge in [-0.25, -0.2) is 0 Å². The smallest absolute Gasteiger partial charge is 0.217 e. The number of rotatable bonds is 5. The molecule has 0 aromatic heterocycles. The number of nitrogens with one attached hydrogen (secondary N) is 1. The molecule has 0 spiro atoms. The van der Waals surface area contributed by atoms with Crippen LogP contribution in [0.1, 0.15) is 33.6 Å². The van der Waals surface area contributed by atoms with Crippen LogP contribution < -0.4 is 5.32 Å². The van der Waals surface area contributed by atoms with Crippen molar-refractivity contribution in [2.24, 2.45) is 5.92 Å². The second kappa shape index (κ2) is 5.94. The molecule has 0 saturated heterocycles. The van der Waals surface area contributed by atoms with Gasteiger partial charge < -0.3 is 15.5 Å². The highest BCUT2D eigenvalue weighted by Crippen LogP contribution is 2.15. The quantitative estimate of drug-likeness (QED) is 0.542. The van der Waals surface area contributed by atoms with Crippen LogP contribution in [0, 0.1) is 5.92 Å². The summed E-state index contributed by atoms with van der Waals surface area (Å²) < 4.78 is 0. The van der Waals surface area contributed by atoms with Gasteiger partial charge in [0.1, 0.15) is 0 Å². The van der Waals surface area contributed by atoms with Gasteiger partial charge in [-0.1, -0.05) is 26.7 Å². The Morgan fingerprint density at radius 3 is 2.00 bits per heavy atom. The van der Waals surface area contributed by atoms with E-state index in [-0.39, 0.29) is 11.8 Å². The largest absolute Gasteiger partial charge is 0.366 e. The van der Waals surface area contributed by atoms with Gasteiger partial charge in [0.05, 0.1) is 6.04 Å². The van der Waals surface area contributed by atoms with Gasteiger partial charge in [0.2, 0.25) is 5.91 Å². The molecule has 0 saturated carbocycles. The first-order valence-electron chi connectivity index (χ1n) is 4.66. The second-order valence-corrected chi connectivity index (χ2v) is 3.22. The fourth-order valence-corrected chi connectivity index (χ4v) is 1.47. The van der Waals surface area contributed by atoms with E-state index < -0.39 is 12.3 Å². The third-order valence-electron chi connectivity index (χ3n) is 2.25. The Morgan fingerprint density at radius 2 is 1.77 bits per heavy atom. The second-order valence-electron chi connectivity index (χ2n) is 3.22. The van der Waals surface area contributed by atoms with Crippen molar-refractivity contribution in [3.05, 3.63) is 0 Å². The van der Waals surface area contributed by atoms with E-state index in [2.05, 4.69) is 5.32 Å². The Bertz CT molecular complexity index is 155. The lowest BCUT2D eigenvalue weighted by Gasteiger charge is -2.27. The molecule has 4 nitrogen and oxygen atoms in total. The molecule has 0 aromatic rings. The van der Waals surface area contributed by atoms with Crippen molar-refractivity contribution in [2.75, 3.05) is 0 Å². The van der Waals surface area contributed by atoms with E-state index in [9.17, 15) is 4.79 Å². The summed E-state index contributed by atoms with van der Waals surface area (Å²) in [5.74, 6) is -0.117. The predicted molar refractivity (Wildman–Crippen MR) is 49.9 cm³/mol. The van der Waals surface area contributed by atoms with Crippen LogP contribution in [0.25, 0.3) is 0 Å². The fourth-order valence-electron chi connectivity index (χ4n) is 1.47. The maximum atomic E-state index is 10.8. The van der Waals surface area contributed by atoms with Gasteiger partial charge in [0, 0.05) is 6.92 Å². The van der Waals surface area contributed by atoms with Crippen molar-refractivity contribution in [3.63, 3.8) is 0 Å². The molecule has 0 heterocycles. The third kappa shape index (κ3) is 4.24. The molecular formula is C9H19NO3. The normalized spacial score (nSPS) is 13.5. The van der Waals surface area contributed by atoms with E-state index in [0.717, 1.165) is 12.8 Å². The van der Waals surface area contributed by atoms with Crippen LogP contribution >= 0.6 is 0 Å². The van der Waals surface area contributed by atoms with Gasteiger partial charge in [0.15, 0.2) is 6.29 Å². The Labute approximate surface area is 79.0 Å². The molecule has 0 rings (SSSR count). The highest BCUT2D eigenvalue weighted by Gasteiger charge is 2.25. The molecule has 0 aliphatic heterocycles. The van der Waals surface area contributed by atoms with Crippen LogP contribution in [0.5, 0.6) is 0 Å². The van der Waals surface area contributed by atoms with E-state index >= 15 is 0 Å². The van der Waals surface area contributed by atoms with Crippen molar-refractivity contribution in [1.82, 2.24) is 5.32 Å². The number of amides is 1. The molecule has 78 valence electrons. The van der Waals surface area contributed by atoms with Crippen LogP contribution in [0.15, 0.2) is 0 Å². The lowest BCUT2D eigenvalue weighted by atomic mass is 9.93. The summed E-state index contributed by atoms with van der Waals surface area (Å²) in [5.41, 5.74) is 0. The first kappa shape index (κ1) is 12.4. The molecule has 3 N–H and O–H groups in total. The van der Waals surface area contributed by atoms with Gasteiger partial charge in [-0.05, 0) is 5.92 Å². The fraction of sp³-hybridized carbons (Fsp3) is 0.889. The predicted octanol–water partition coefficient (Wildman–Crippen LogP) is 0.238. The first-order valence-corrected chi connectivity index (χ1v) is 4.66. The number of carbonyl (C=O) groups is 1. The summed E-state index contributed by atoms with van der Waals surface area (Å²) >= 11 is 0. The zero-order valence-corrected chi connectivity index (χ0v) is 8.45. The molecule has 0 aliphatic carbocycles. The number of carbonyl (C=O) groups excluding carboxylic acids is 1. The van der Waals surface area contributed by atoms with E-state index in [4.69, 9.17) is 10.2 Å². The molecule has 0 fully saturated rings. The number of aliphatic hydroxyl groups excluding tert-OH is 1. The minimum Gasteiger partial charge on any atom is -0.366 e. The number of aliphatic hydroxyl groups is 2. The van der Waals surface area contributed by atoms with Gasteiger partial charge in [-0.3, -0.25) is 4.79 Å². The first-order chi connectivity index (χ1) is 6.02. The molecule has 0 aromatic carbocycles. The average Bonchev–Trinajstić information content (AvgIpc) is 2.04. The minimum absolute atomic E-state index is 0.115. The van der Waals surface area contributed by atoms with E-state index in [1.54, 1.807) is 0 Å². The summed E-state index contributed by atoms with van der Waals surface area (Å²) in [7, 11) is 0. The van der Waals surface area contributed by atoms with Gasteiger partial charge >= 0.3 is 0 Å². The molecule has 1 atom stereocenters. The zero-order chi connectivity index (χ0) is 10.4. The molecule has 1 amide bonds. The summed E-state index contributed by atoms with van der Waals surface area (Å²) in [4.78, 5) is 10.8. The standard InChI is InChI=1S/C9H19NO3/c1-4-7(5-2)8(9(12)13)10-6(3)11/h7-9,12-13H,4-5H2,1-3H3,(H,10,11)/t8-/m0/s1. The molecular weight excluding hydrogens is 170 g/mol. The SMILES string of the molecule is CCC(CC)[C@H](NC(C)=O)C(O)O. The van der Waals surface area contributed by atoms with Crippen LogP contribution in [-0.2, 0) is 4.79 Å². The summed E-state index contributed by atoms with van der Waals surface area (Å²) in [6, 6.07) is -0.549. The summed E-state index contributed by atoms with van der Waals surface area (Å²) in [6.07, 6.45) is 0.159. The Hall–Kier alpha value is -0.610. The van der Waals surface area contributed by atoms with Gasteiger partial charge in [-0.15, -0.1) is 0 Å². The van der Waals surface area contributed by atoms with Crippen molar-refractivity contribution >= 4 is 5.91 Å². The monoisotopic (exact) mass is 189 g/mol. The lowest BCUT2D eigenvalue weighted by molar-refractivity contribution is -0.127. The maximum absolute atomic E-state index is 10.8. The average molecular weight is 189 g/mol. The molecule has 13 heavy (non-hydrogen) atoms. The number of hydrogen-bond acceptors (Lipinski definition) is 3. The summed E-state index contributed by atoms with van der Waals surface area (Å²) in [5, 5.41) is 20.6. The van der Waals surface area contributed by atoms with E-state index in [1.165, 1.54) is 6.92 Å². The number of hydrogen-bond donors (Lipinski definition) is 3. The maximum Gasteiger partial charge on any atom is 0.217 e. The van der Waals surface area contributed by atoms with Crippen molar-refractivity contribution in [2.45, 2.75) is 45.9 Å². The van der Waals surface area contributed by atoms with Crippen LogP contribution in [-0.4, -0.2) is 28.5 Å². The van der Waals surface area contributed by atoms with Gasteiger partial charge in [-0.2, -0.15) is 0 Å². The van der Waals surface area contributed by atoms with Crippen molar-refractivity contribution in [3.8, 4) is 0 Å². The molecule has 0 unspecified atom stereocenters. The zero-order valence-electron chi connectivity index (χ0n) is 8.45. The topological polar surface area (TPSA) is 69.6 Å². The van der Waals surface area contributed by atoms with E-state index in [0.29, 0.717) is 0 Å². The molecule has 0 aliphatic rings. The van der Waals surface area contributed by atoms with Crippen molar-refractivity contribution in [1.29, 1.82) is 0 Å². The van der Waals surface area contributed by atoms with E-state index in [1.807, 2.05) is 13.8 Å². The molecule has 0 bridgehead atoms.